The van der Waals surface area contributed by atoms with Crippen molar-refractivity contribution >= 4 is 11.8 Å². The van der Waals surface area contributed by atoms with E-state index in [0.29, 0.717) is 13.2 Å². The second-order valence-corrected chi connectivity index (χ2v) is 7.35. The molecule has 0 unspecified atom stereocenters. The standard InChI is InChI=1S/C19H22N2OS/c1-4-10-22-11-5-16-12-23-15-18(16)6-8-19(14-21,9-7-18)17(2,3)13-20/h4,6-9,12H,1,5,10-11,15H2,2-3H3. The third-order valence-corrected chi connectivity index (χ3v) is 5.78. The molecule has 1 heterocycles. The molecule has 23 heavy (non-hydrogen) atoms. The largest absolute Gasteiger partial charge is 0.377 e. The molecule has 2 rings (SSSR count). The van der Waals surface area contributed by atoms with Gasteiger partial charge in [0.25, 0.3) is 0 Å². The fourth-order valence-corrected chi connectivity index (χ4v) is 4.10. The van der Waals surface area contributed by atoms with Crippen LogP contribution in [-0.2, 0) is 4.74 Å². The summed E-state index contributed by atoms with van der Waals surface area (Å²) in [7, 11) is 0. The lowest BCUT2D eigenvalue weighted by Crippen LogP contribution is -2.36. The Hall–Kier alpha value is -1.75. The second-order valence-electron chi connectivity index (χ2n) is 6.49. The topological polar surface area (TPSA) is 56.8 Å². The molecule has 0 fully saturated rings. The Morgan fingerprint density at radius 3 is 2.61 bits per heavy atom. The number of hydrogen-bond donors (Lipinski definition) is 0. The molecule has 3 nitrogen and oxygen atoms in total. The molecule has 0 atom stereocenters. The van der Waals surface area contributed by atoms with Gasteiger partial charge in [0.05, 0.1) is 30.8 Å². The fourth-order valence-electron chi connectivity index (χ4n) is 2.83. The summed E-state index contributed by atoms with van der Waals surface area (Å²) in [5.74, 6) is 0.936. The van der Waals surface area contributed by atoms with Gasteiger partial charge in [-0.1, -0.05) is 30.4 Å². The van der Waals surface area contributed by atoms with Crippen molar-refractivity contribution in [3.05, 3.63) is 47.9 Å². The highest BCUT2D eigenvalue weighted by atomic mass is 32.2. The van der Waals surface area contributed by atoms with E-state index < -0.39 is 10.8 Å². The molecule has 0 N–H and O–H groups in total. The molecule has 0 saturated carbocycles. The maximum Gasteiger partial charge on any atom is 0.111 e. The Morgan fingerprint density at radius 1 is 1.35 bits per heavy atom. The SMILES string of the molecule is C=CCOCCC1=CSCC12C=CC(C#N)(C(C)(C)C#N)C=C2. The van der Waals surface area contributed by atoms with Crippen molar-refractivity contribution < 1.29 is 4.74 Å². The van der Waals surface area contributed by atoms with Crippen LogP contribution >= 0.6 is 11.8 Å². The average Bonchev–Trinajstić information content (AvgIpc) is 2.95. The van der Waals surface area contributed by atoms with Crippen molar-refractivity contribution in [3.8, 4) is 12.1 Å². The lowest BCUT2D eigenvalue weighted by atomic mass is 9.62. The highest BCUT2D eigenvalue weighted by molar-refractivity contribution is 8.02. The van der Waals surface area contributed by atoms with Crippen LogP contribution in [0.3, 0.4) is 0 Å². The number of hydrogen-bond acceptors (Lipinski definition) is 4. The molecule has 1 aliphatic heterocycles. The van der Waals surface area contributed by atoms with Crippen LogP contribution < -0.4 is 0 Å². The van der Waals surface area contributed by atoms with Crippen molar-refractivity contribution in [1.29, 1.82) is 10.5 Å². The zero-order valence-electron chi connectivity index (χ0n) is 13.7. The Bertz CT molecular complexity index is 629. The average molecular weight is 326 g/mol. The van der Waals surface area contributed by atoms with Gasteiger partial charge >= 0.3 is 0 Å². The molecule has 0 aromatic heterocycles. The first kappa shape index (κ1) is 17.6. The molecule has 120 valence electrons. The molecule has 0 aromatic carbocycles. The maximum atomic E-state index is 9.65. The van der Waals surface area contributed by atoms with Crippen LogP contribution in [0, 0.1) is 38.9 Å². The summed E-state index contributed by atoms with van der Waals surface area (Å²) in [6, 6.07) is 4.60. The molecule has 2 aliphatic rings. The Labute approximate surface area is 143 Å². The van der Waals surface area contributed by atoms with Gasteiger partial charge in [0, 0.05) is 11.2 Å². The van der Waals surface area contributed by atoms with Gasteiger partial charge < -0.3 is 4.74 Å². The molecule has 0 aromatic rings. The maximum absolute atomic E-state index is 9.65. The first-order chi connectivity index (χ1) is 11.0. The normalized spacial score (nSPS) is 29.1. The number of rotatable bonds is 6. The van der Waals surface area contributed by atoms with E-state index in [0.717, 1.165) is 12.2 Å². The van der Waals surface area contributed by atoms with Crippen LogP contribution in [0.25, 0.3) is 0 Å². The summed E-state index contributed by atoms with van der Waals surface area (Å²) in [6.45, 7) is 8.49. The number of allylic oxidation sites excluding steroid dienone is 4. The van der Waals surface area contributed by atoms with E-state index in [4.69, 9.17) is 4.74 Å². The van der Waals surface area contributed by atoms with Gasteiger partial charge in [-0.25, -0.2) is 0 Å². The molecule has 1 aliphatic carbocycles. The van der Waals surface area contributed by atoms with Crippen molar-refractivity contribution in [1.82, 2.24) is 0 Å². The smallest absolute Gasteiger partial charge is 0.111 e. The summed E-state index contributed by atoms with van der Waals surface area (Å²) < 4.78 is 5.50. The first-order valence-corrected chi connectivity index (χ1v) is 8.73. The van der Waals surface area contributed by atoms with E-state index in [-0.39, 0.29) is 5.41 Å². The Balaban J connectivity index is 2.18. The molecule has 4 heteroatoms. The molecule has 0 amide bonds. The predicted octanol–water partition coefficient (Wildman–Crippen LogP) is 4.38. The summed E-state index contributed by atoms with van der Waals surface area (Å²) in [6.07, 6.45) is 10.7. The van der Waals surface area contributed by atoms with E-state index >= 15 is 0 Å². The van der Waals surface area contributed by atoms with Crippen LogP contribution in [0.4, 0.5) is 0 Å². The van der Waals surface area contributed by atoms with Gasteiger partial charge in [-0.3, -0.25) is 0 Å². The summed E-state index contributed by atoms with van der Waals surface area (Å²) >= 11 is 1.78. The number of nitriles is 2. The van der Waals surface area contributed by atoms with Crippen LogP contribution in [0.5, 0.6) is 0 Å². The fraction of sp³-hybridized carbons (Fsp3) is 0.474. The third kappa shape index (κ3) is 3.15. The minimum Gasteiger partial charge on any atom is -0.377 e. The quantitative estimate of drug-likeness (QED) is 0.537. The molecule has 1 spiro atoms. The van der Waals surface area contributed by atoms with Crippen molar-refractivity contribution in [3.63, 3.8) is 0 Å². The zero-order valence-corrected chi connectivity index (χ0v) is 14.5. The summed E-state index contributed by atoms with van der Waals surface area (Å²) in [5.41, 5.74) is -0.474. The Kier molecular flexibility index (Phi) is 5.19. The van der Waals surface area contributed by atoms with E-state index in [2.05, 4.69) is 36.3 Å². The van der Waals surface area contributed by atoms with Crippen LogP contribution in [0.2, 0.25) is 0 Å². The zero-order chi connectivity index (χ0) is 17.0. The minimum absolute atomic E-state index is 0.145. The highest BCUT2D eigenvalue weighted by Gasteiger charge is 2.46. The van der Waals surface area contributed by atoms with Gasteiger partial charge in [0.2, 0.25) is 0 Å². The predicted molar refractivity (Wildman–Crippen MR) is 94.3 cm³/mol. The molecule has 0 saturated heterocycles. The van der Waals surface area contributed by atoms with Crippen LogP contribution in [-0.4, -0.2) is 19.0 Å². The third-order valence-electron chi connectivity index (χ3n) is 4.68. The second kappa shape index (κ2) is 6.79. The van der Waals surface area contributed by atoms with E-state index in [1.165, 1.54) is 5.57 Å². The molecular formula is C19H22N2OS. The number of thioether (sulfide) groups is 1. The van der Waals surface area contributed by atoms with E-state index in [1.54, 1.807) is 17.8 Å². The molecular weight excluding hydrogens is 304 g/mol. The van der Waals surface area contributed by atoms with Gasteiger partial charge in [-0.05, 0) is 31.2 Å². The minimum atomic E-state index is -0.870. The van der Waals surface area contributed by atoms with Crippen molar-refractivity contribution in [2.24, 2.45) is 16.2 Å². The van der Waals surface area contributed by atoms with Gasteiger partial charge in [-0.2, -0.15) is 10.5 Å². The lowest BCUT2D eigenvalue weighted by Gasteiger charge is -2.37. The van der Waals surface area contributed by atoms with E-state index in [1.807, 2.05) is 26.0 Å². The Morgan fingerprint density at radius 2 is 2.04 bits per heavy atom. The van der Waals surface area contributed by atoms with Gasteiger partial charge in [-0.15, -0.1) is 18.3 Å². The van der Waals surface area contributed by atoms with Gasteiger partial charge in [0.15, 0.2) is 0 Å². The monoisotopic (exact) mass is 326 g/mol. The highest BCUT2D eigenvalue weighted by Crippen LogP contribution is 2.51. The molecule has 0 radical (unpaired) electrons. The lowest BCUT2D eigenvalue weighted by molar-refractivity contribution is 0.163. The first-order valence-electron chi connectivity index (χ1n) is 7.68. The van der Waals surface area contributed by atoms with E-state index in [9.17, 15) is 10.5 Å². The van der Waals surface area contributed by atoms with Crippen molar-refractivity contribution in [2.75, 3.05) is 19.0 Å². The van der Waals surface area contributed by atoms with Crippen LogP contribution in [0.15, 0.2) is 47.9 Å². The number of ether oxygens (including phenoxy) is 1. The van der Waals surface area contributed by atoms with Crippen LogP contribution in [0.1, 0.15) is 20.3 Å². The van der Waals surface area contributed by atoms with Gasteiger partial charge in [0.1, 0.15) is 5.41 Å². The summed E-state index contributed by atoms with van der Waals surface area (Å²) in [4.78, 5) is 0. The van der Waals surface area contributed by atoms with Crippen molar-refractivity contribution in [2.45, 2.75) is 20.3 Å². The summed E-state index contributed by atoms with van der Waals surface area (Å²) in [5, 5.41) is 21.3. The number of nitrogens with zero attached hydrogens (tertiary/aromatic N) is 2. The molecule has 0 bridgehead atoms.